The summed E-state index contributed by atoms with van der Waals surface area (Å²) >= 11 is 0. The molecule has 5 nitrogen and oxygen atoms in total. The molecule has 0 spiro atoms. The first kappa shape index (κ1) is 11.1. The maximum atomic E-state index is 11.8. The van der Waals surface area contributed by atoms with E-state index in [1.807, 2.05) is 12.2 Å². The number of nitrogens with zero attached hydrogens (tertiary/aromatic N) is 1. The summed E-state index contributed by atoms with van der Waals surface area (Å²) in [6, 6.07) is 0.0219. The van der Waals surface area contributed by atoms with Crippen LogP contribution in [0.3, 0.4) is 0 Å². The molecule has 5 heteroatoms. The molecule has 1 N–H and O–H groups in total. The van der Waals surface area contributed by atoms with Gasteiger partial charge in [0.25, 0.3) is 0 Å². The molecule has 3 atom stereocenters. The molecule has 3 unspecified atom stereocenters. The van der Waals surface area contributed by atoms with Crippen molar-refractivity contribution >= 4 is 11.9 Å². The molecular weight excluding hydrogens is 210 g/mol. The number of fused-ring (bicyclic) bond motifs is 2. The Labute approximate surface area is 93.7 Å². The molecule has 1 heterocycles. The van der Waals surface area contributed by atoms with Crippen LogP contribution in [-0.4, -0.2) is 47.2 Å². The summed E-state index contributed by atoms with van der Waals surface area (Å²) in [6.45, 7) is 1.35. The fourth-order valence-corrected chi connectivity index (χ4v) is 2.28. The molecule has 0 saturated carbocycles. The zero-order chi connectivity index (χ0) is 11.9. The summed E-state index contributed by atoms with van der Waals surface area (Å²) in [7, 11) is 1.22. The van der Waals surface area contributed by atoms with Crippen molar-refractivity contribution in [1.29, 1.82) is 0 Å². The van der Waals surface area contributed by atoms with E-state index in [9.17, 15) is 14.7 Å². The highest BCUT2D eigenvalue weighted by Crippen LogP contribution is 2.33. The molecule has 88 valence electrons. The summed E-state index contributed by atoms with van der Waals surface area (Å²) in [4.78, 5) is 24.6. The van der Waals surface area contributed by atoms with Crippen LogP contribution in [0.1, 0.15) is 13.3 Å². The molecule has 2 rings (SSSR count). The van der Waals surface area contributed by atoms with Crippen molar-refractivity contribution in [3.8, 4) is 0 Å². The minimum absolute atomic E-state index is 0.00991. The number of aliphatic hydroxyl groups is 1. The van der Waals surface area contributed by atoms with Crippen molar-refractivity contribution in [2.45, 2.75) is 25.0 Å². The third-order valence-corrected chi connectivity index (χ3v) is 3.16. The predicted octanol–water partition coefficient (Wildman–Crippen LogP) is -0.303. The number of carbonyl (C=O) groups excluding carboxylic acids is 2. The lowest BCUT2D eigenvalue weighted by atomic mass is 10.1. The first-order valence-electron chi connectivity index (χ1n) is 5.25. The van der Waals surface area contributed by atoms with Crippen LogP contribution < -0.4 is 0 Å². The van der Waals surface area contributed by atoms with E-state index in [-0.39, 0.29) is 24.4 Å². The number of methoxy groups -OCH3 is 1. The molecule has 1 saturated heterocycles. The topological polar surface area (TPSA) is 66.8 Å². The van der Waals surface area contributed by atoms with E-state index in [4.69, 9.17) is 0 Å². The Morgan fingerprint density at radius 2 is 2.38 bits per heavy atom. The lowest BCUT2D eigenvalue weighted by Crippen LogP contribution is -2.50. The van der Waals surface area contributed by atoms with Crippen LogP contribution in [0.2, 0.25) is 0 Å². The van der Waals surface area contributed by atoms with Gasteiger partial charge in [0.1, 0.15) is 0 Å². The fourth-order valence-electron chi connectivity index (χ4n) is 2.28. The predicted molar refractivity (Wildman–Crippen MR) is 55.4 cm³/mol. The lowest BCUT2D eigenvalue weighted by molar-refractivity contribution is -0.163. The standard InChI is InChI=1S/C11H15NO4/c1-11(15,10(14)16-2)6-12-8-4-3-7(5-8)9(12)13/h3-4,7-8,15H,5-6H2,1-2H3. The van der Waals surface area contributed by atoms with Gasteiger partial charge in [-0.05, 0) is 13.3 Å². The number of hydrogen-bond donors (Lipinski definition) is 1. The van der Waals surface area contributed by atoms with Crippen LogP contribution in [0.5, 0.6) is 0 Å². The average Bonchev–Trinajstić information content (AvgIpc) is 2.81. The maximum Gasteiger partial charge on any atom is 0.339 e. The number of β-amino-alcohol motifs (C(OH)–C–C–N with tert-alkyl or cyclic N) is 1. The third kappa shape index (κ3) is 1.61. The Morgan fingerprint density at radius 1 is 1.69 bits per heavy atom. The molecule has 2 bridgehead atoms. The average molecular weight is 225 g/mol. The van der Waals surface area contributed by atoms with Crippen molar-refractivity contribution in [2.75, 3.05) is 13.7 Å². The molecule has 2 aliphatic rings. The molecule has 0 radical (unpaired) electrons. The molecule has 1 fully saturated rings. The number of carbonyl (C=O) groups is 2. The fraction of sp³-hybridized carbons (Fsp3) is 0.636. The third-order valence-electron chi connectivity index (χ3n) is 3.16. The minimum Gasteiger partial charge on any atom is -0.467 e. The van der Waals surface area contributed by atoms with Crippen LogP contribution in [0.4, 0.5) is 0 Å². The first-order valence-corrected chi connectivity index (χ1v) is 5.25. The van der Waals surface area contributed by atoms with Crippen LogP contribution in [0.15, 0.2) is 12.2 Å². The SMILES string of the molecule is COC(=O)C(C)(O)CN1C(=O)C2C=CC1C2. The van der Waals surface area contributed by atoms with E-state index in [0.717, 1.165) is 6.42 Å². The highest BCUT2D eigenvalue weighted by molar-refractivity contribution is 5.86. The van der Waals surface area contributed by atoms with Crippen LogP contribution in [-0.2, 0) is 14.3 Å². The van der Waals surface area contributed by atoms with Gasteiger partial charge in [-0.3, -0.25) is 4.79 Å². The monoisotopic (exact) mass is 225 g/mol. The lowest BCUT2D eigenvalue weighted by Gasteiger charge is -2.30. The molecule has 1 amide bonds. The molecule has 1 aliphatic carbocycles. The smallest absolute Gasteiger partial charge is 0.339 e. The van der Waals surface area contributed by atoms with Crippen LogP contribution in [0.25, 0.3) is 0 Å². The van der Waals surface area contributed by atoms with Gasteiger partial charge < -0.3 is 14.7 Å². The van der Waals surface area contributed by atoms with Crippen molar-refractivity contribution in [3.63, 3.8) is 0 Å². The second-order valence-corrected chi connectivity index (χ2v) is 4.53. The number of hydrogen-bond acceptors (Lipinski definition) is 4. The summed E-state index contributed by atoms with van der Waals surface area (Å²) < 4.78 is 4.50. The highest BCUT2D eigenvalue weighted by Gasteiger charge is 2.45. The number of rotatable bonds is 3. The molecule has 0 aromatic carbocycles. The van der Waals surface area contributed by atoms with Crippen LogP contribution >= 0.6 is 0 Å². The van der Waals surface area contributed by atoms with E-state index in [0.29, 0.717) is 0 Å². The molecule has 1 aliphatic heterocycles. The Kier molecular flexibility index (Phi) is 2.50. The van der Waals surface area contributed by atoms with E-state index in [1.165, 1.54) is 14.0 Å². The minimum atomic E-state index is -1.64. The quantitative estimate of drug-likeness (QED) is 0.529. The van der Waals surface area contributed by atoms with Gasteiger partial charge in [-0.1, -0.05) is 12.2 Å². The Balaban J connectivity index is 2.08. The summed E-state index contributed by atoms with van der Waals surface area (Å²) in [6.07, 6.45) is 4.59. The van der Waals surface area contributed by atoms with E-state index in [2.05, 4.69) is 4.74 Å². The van der Waals surface area contributed by atoms with Crippen molar-refractivity contribution < 1.29 is 19.4 Å². The molecule has 0 aromatic rings. The van der Waals surface area contributed by atoms with Crippen molar-refractivity contribution in [1.82, 2.24) is 4.90 Å². The largest absolute Gasteiger partial charge is 0.467 e. The van der Waals surface area contributed by atoms with E-state index < -0.39 is 11.6 Å². The Hall–Kier alpha value is -1.36. The Morgan fingerprint density at radius 3 is 2.88 bits per heavy atom. The molecule has 16 heavy (non-hydrogen) atoms. The summed E-state index contributed by atoms with van der Waals surface area (Å²) in [5.74, 6) is -0.804. The number of ether oxygens (including phenoxy) is 1. The van der Waals surface area contributed by atoms with E-state index in [1.54, 1.807) is 4.90 Å². The van der Waals surface area contributed by atoms with Gasteiger partial charge in [0.05, 0.1) is 25.6 Å². The van der Waals surface area contributed by atoms with Gasteiger partial charge in [-0.15, -0.1) is 0 Å². The van der Waals surface area contributed by atoms with Gasteiger partial charge in [-0.2, -0.15) is 0 Å². The summed E-state index contributed by atoms with van der Waals surface area (Å²) in [5, 5.41) is 9.90. The van der Waals surface area contributed by atoms with Gasteiger partial charge in [-0.25, -0.2) is 4.79 Å². The van der Waals surface area contributed by atoms with Gasteiger partial charge in [0.2, 0.25) is 5.91 Å². The first-order chi connectivity index (χ1) is 7.45. The normalized spacial score (nSPS) is 30.7. The number of esters is 1. The molecule has 0 aromatic heterocycles. The van der Waals surface area contributed by atoms with Crippen LogP contribution in [0, 0.1) is 5.92 Å². The highest BCUT2D eigenvalue weighted by atomic mass is 16.5. The number of amides is 1. The maximum absolute atomic E-state index is 11.8. The van der Waals surface area contributed by atoms with Gasteiger partial charge in [0, 0.05) is 0 Å². The van der Waals surface area contributed by atoms with E-state index >= 15 is 0 Å². The zero-order valence-electron chi connectivity index (χ0n) is 9.34. The van der Waals surface area contributed by atoms with Crippen molar-refractivity contribution in [3.05, 3.63) is 12.2 Å². The van der Waals surface area contributed by atoms with Gasteiger partial charge >= 0.3 is 5.97 Å². The second-order valence-electron chi connectivity index (χ2n) is 4.53. The second kappa shape index (κ2) is 3.59. The van der Waals surface area contributed by atoms with Gasteiger partial charge in [0.15, 0.2) is 5.60 Å². The Bertz CT molecular complexity index is 361. The molecular formula is C11H15NO4. The van der Waals surface area contributed by atoms with Crippen molar-refractivity contribution in [2.24, 2.45) is 5.92 Å². The number of likely N-dealkylation sites (tertiary alicyclic amines) is 1. The summed E-state index contributed by atoms with van der Waals surface area (Å²) in [5.41, 5.74) is -1.64. The zero-order valence-corrected chi connectivity index (χ0v) is 9.34.